The number of nitrogens with one attached hydrogen (secondary N) is 1. The smallest absolute Gasteiger partial charge is 0.340 e. The van der Waals surface area contributed by atoms with Crippen LogP contribution in [-0.2, 0) is 0 Å². The van der Waals surface area contributed by atoms with Crippen LogP contribution in [0.2, 0.25) is 0 Å². The van der Waals surface area contributed by atoms with Gasteiger partial charge in [-0.3, -0.25) is 0 Å². The number of aromatic carboxylic acids is 1. The van der Waals surface area contributed by atoms with Gasteiger partial charge in [-0.25, -0.2) is 9.78 Å². The predicted octanol–water partition coefficient (Wildman–Crippen LogP) is 3.56. The van der Waals surface area contributed by atoms with Crippen LogP contribution in [0, 0.1) is 13.8 Å². The largest absolute Gasteiger partial charge is 0.493 e. The number of carboxylic acid groups (broad SMARTS) is 1. The van der Waals surface area contributed by atoms with Gasteiger partial charge in [0, 0.05) is 5.56 Å². The summed E-state index contributed by atoms with van der Waals surface area (Å²) in [4.78, 5) is 19.5. The fourth-order valence-corrected chi connectivity index (χ4v) is 2.73. The Morgan fingerprint density at radius 2 is 1.83 bits per heavy atom. The van der Waals surface area contributed by atoms with Crippen molar-refractivity contribution < 1.29 is 19.4 Å². The van der Waals surface area contributed by atoms with Gasteiger partial charge < -0.3 is 19.6 Å². The van der Waals surface area contributed by atoms with E-state index in [9.17, 15) is 9.90 Å². The van der Waals surface area contributed by atoms with Gasteiger partial charge in [-0.2, -0.15) is 0 Å². The molecule has 0 saturated heterocycles. The summed E-state index contributed by atoms with van der Waals surface area (Å²) in [6, 6.07) is 7.32. The maximum absolute atomic E-state index is 11.8. The third-order valence-corrected chi connectivity index (χ3v) is 4.11. The maximum Gasteiger partial charge on any atom is 0.340 e. The van der Waals surface area contributed by atoms with E-state index in [1.165, 1.54) is 14.2 Å². The molecular formula is C18H18N2O4. The predicted molar refractivity (Wildman–Crippen MR) is 91.1 cm³/mol. The van der Waals surface area contributed by atoms with Crippen LogP contribution in [0.3, 0.4) is 0 Å². The molecule has 0 amide bonds. The first kappa shape index (κ1) is 15.9. The van der Waals surface area contributed by atoms with Gasteiger partial charge in [-0.1, -0.05) is 0 Å². The van der Waals surface area contributed by atoms with Crippen LogP contribution in [0.4, 0.5) is 0 Å². The molecule has 3 aromatic rings. The molecule has 0 bridgehead atoms. The van der Waals surface area contributed by atoms with Crippen molar-refractivity contribution in [2.45, 2.75) is 13.8 Å². The Kier molecular flexibility index (Phi) is 3.89. The number of hydrogen-bond acceptors (Lipinski definition) is 4. The van der Waals surface area contributed by atoms with Gasteiger partial charge >= 0.3 is 5.97 Å². The van der Waals surface area contributed by atoms with Crippen molar-refractivity contribution in [3.05, 3.63) is 41.0 Å². The van der Waals surface area contributed by atoms with Crippen molar-refractivity contribution in [3.8, 4) is 22.9 Å². The molecule has 2 N–H and O–H groups in total. The number of rotatable bonds is 4. The molecule has 0 saturated carbocycles. The number of carbonyl (C=O) groups is 1. The van der Waals surface area contributed by atoms with E-state index in [-0.39, 0.29) is 11.3 Å². The maximum atomic E-state index is 11.8. The summed E-state index contributed by atoms with van der Waals surface area (Å²) in [6.45, 7) is 4.04. The van der Waals surface area contributed by atoms with Gasteiger partial charge in [-0.15, -0.1) is 0 Å². The monoisotopic (exact) mass is 326 g/mol. The lowest BCUT2D eigenvalue weighted by Crippen LogP contribution is -2.05. The van der Waals surface area contributed by atoms with E-state index in [1.54, 1.807) is 12.1 Å². The quantitative estimate of drug-likeness (QED) is 0.766. The van der Waals surface area contributed by atoms with Crippen LogP contribution in [-0.4, -0.2) is 35.3 Å². The molecule has 124 valence electrons. The van der Waals surface area contributed by atoms with E-state index in [0.717, 1.165) is 22.2 Å². The summed E-state index contributed by atoms with van der Waals surface area (Å²) in [5.74, 6) is -0.0845. The second-order valence-electron chi connectivity index (χ2n) is 5.57. The average molecular weight is 326 g/mol. The Bertz CT molecular complexity index is 905. The molecule has 0 unspecified atom stereocenters. The first-order valence-corrected chi connectivity index (χ1v) is 7.42. The Morgan fingerprint density at radius 3 is 2.46 bits per heavy atom. The van der Waals surface area contributed by atoms with Gasteiger partial charge in [0.15, 0.2) is 11.5 Å². The second kappa shape index (κ2) is 5.88. The molecule has 2 aromatic carbocycles. The van der Waals surface area contributed by atoms with Crippen LogP contribution in [0.25, 0.3) is 22.4 Å². The fourth-order valence-electron chi connectivity index (χ4n) is 2.73. The molecule has 6 nitrogen and oxygen atoms in total. The molecule has 1 heterocycles. The lowest BCUT2D eigenvalue weighted by Gasteiger charge is -2.13. The number of aromatic nitrogens is 2. The lowest BCUT2D eigenvalue weighted by atomic mass is 10.0. The van der Waals surface area contributed by atoms with Crippen LogP contribution in [0.1, 0.15) is 21.5 Å². The highest BCUT2D eigenvalue weighted by atomic mass is 16.5. The molecule has 0 fully saturated rings. The summed E-state index contributed by atoms with van der Waals surface area (Å²) in [6.07, 6.45) is 0. The second-order valence-corrected chi connectivity index (χ2v) is 5.57. The average Bonchev–Trinajstić information content (AvgIpc) is 2.96. The van der Waals surface area contributed by atoms with E-state index >= 15 is 0 Å². The minimum Gasteiger partial charge on any atom is -0.493 e. The van der Waals surface area contributed by atoms with Crippen molar-refractivity contribution in [3.63, 3.8) is 0 Å². The zero-order chi connectivity index (χ0) is 17.4. The van der Waals surface area contributed by atoms with Crippen molar-refractivity contribution in [1.29, 1.82) is 0 Å². The van der Waals surface area contributed by atoms with Crippen molar-refractivity contribution in [2.75, 3.05) is 14.2 Å². The highest BCUT2D eigenvalue weighted by Crippen LogP contribution is 2.37. The number of hydrogen-bond donors (Lipinski definition) is 2. The van der Waals surface area contributed by atoms with Crippen molar-refractivity contribution >= 4 is 17.0 Å². The summed E-state index contributed by atoms with van der Waals surface area (Å²) in [7, 11) is 2.88. The van der Waals surface area contributed by atoms with Crippen LogP contribution >= 0.6 is 0 Å². The fraction of sp³-hybridized carbons (Fsp3) is 0.222. The minimum atomic E-state index is -1.10. The topological polar surface area (TPSA) is 84.4 Å². The van der Waals surface area contributed by atoms with Gasteiger partial charge in [0.2, 0.25) is 0 Å². The first-order chi connectivity index (χ1) is 11.5. The SMILES string of the molecule is COc1ccc(-c2nc3cc(C)c(C)cc3[nH]2)c(C(=O)O)c1OC. The lowest BCUT2D eigenvalue weighted by molar-refractivity contribution is 0.0693. The molecule has 3 rings (SSSR count). The van der Waals surface area contributed by atoms with E-state index in [0.29, 0.717) is 17.1 Å². The molecule has 1 aromatic heterocycles. The van der Waals surface area contributed by atoms with Crippen molar-refractivity contribution in [2.24, 2.45) is 0 Å². The Morgan fingerprint density at radius 1 is 1.12 bits per heavy atom. The normalized spacial score (nSPS) is 10.8. The summed E-state index contributed by atoms with van der Waals surface area (Å²) >= 11 is 0. The number of nitrogens with zero attached hydrogens (tertiary/aromatic N) is 1. The number of aromatic amines is 1. The highest BCUT2D eigenvalue weighted by Gasteiger charge is 2.23. The van der Waals surface area contributed by atoms with E-state index in [4.69, 9.17) is 9.47 Å². The molecule has 6 heteroatoms. The molecule has 0 aliphatic heterocycles. The third kappa shape index (κ3) is 2.46. The third-order valence-electron chi connectivity index (χ3n) is 4.11. The number of methoxy groups -OCH3 is 2. The minimum absolute atomic E-state index is 0.0179. The molecule has 0 aliphatic rings. The van der Waals surface area contributed by atoms with Gasteiger partial charge in [0.05, 0.1) is 25.3 Å². The first-order valence-electron chi connectivity index (χ1n) is 7.42. The zero-order valence-corrected chi connectivity index (χ0v) is 13.9. The number of fused-ring (bicyclic) bond motifs is 1. The van der Waals surface area contributed by atoms with Gasteiger partial charge in [0.1, 0.15) is 11.4 Å². The zero-order valence-electron chi connectivity index (χ0n) is 13.9. The Hall–Kier alpha value is -3.02. The van der Waals surface area contributed by atoms with Crippen LogP contribution in [0.5, 0.6) is 11.5 Å². The number of H-pyrrole nitrogens is 1. The number of carboxylic acids is 1. The number of ether oxygens (including phenoxy) is 2. The van der Waals surface area contributed by atoms with Gasteiger partial charge in [-0.05, 0) is 49.2 Å². The molecule has 0 radical (unpaired) electrons. The van der Waals surface area contributed by atoms with Crippen molar-refractivity contribution in [1.82, 2.24) is 9.97 Å². The van der Waals surface area contributed by atoms with Crippen LogP contribution < -0.4 is 9.47 Å². The summed E-state index contributed by atoms with van der Waals surface area (Å²) in [5.41, 5.74) is 4.39. The summed E-state index contributed by atoms with van der Waals surface area (Å²) < 4.78 is 10.4. The Balaban J connectivity index is 2.27. The molecule has 24 heavy (non-hydrogen) atoms. The highest BCUT2D eigenvalue weighted by molar-refractivity contribution is 6.00. The van der Waals surface area contributed by atoms with E-state index in [2.05, 4.69) is 9.97 Å². The number of benzene rings is 2. The molecule has 0 spiro atoms. The standard InChI is InChI=1S/C18H18N2O4/c1-9-7-12-13(8-10(9)2)20-17(19-12)11-5-6-14(23-3)16(24-4)15(11)18(21)22/h5-8H,1-4H3,(H,19,20)(H,21,22). The summed E-state index contributed by atoms with van der Waals surface area (Å²) in [5, 5.41) is 9.64. The van der Waals surface area contributed by atoms with E-state index in [1.807, 2.05) is 26.0 Å². The molecule has 0 atom stereocenters. The molecular weight excluding hydrogens is 308 g/mol. The Labute approximate surface area is 139 Å². The van der Waals surface area contributed by atoms with Gasteiger partial charge in [0.25, 0.3) is 0 Å². The molecule has 0 aliphatic carbocycles. The van der Waals surface area contributed by atoms with E-state index < -0.39 is 5.97 Å². The number of aryl methyl sites for hydroxylation is 2. The number of imidazole rings is 1. The van der Waals surface area contributed by atoms with Crippen LogP contribution in [0.15, 0.2) is 24.3 Å².